The molecule has 37 heavy (non-hydrogen) atoms. The lowest BCUT2D eigenvalue weighted by Crippen LogP contribution is -2.09. The molecular formula is C34H21NO2. The van der Waals surface area contributed by atoms with Gasteiger partial charge in [-0.1, -0.05) is 66.7 Å². The van der Waals surface area contributed by atoms with Gasteiger partial charge in [0, 0.05) is 44.7 Å². The average molecular weight is 476 g/mol. The third-order valence-electron chi connectivity index (χ3n) is 7.24. The van der Waals surface area contributed by atoms with Gasteiger partial charge in [-0.3, -0.25) is 0 Å². The predicted molar refractivity (Wildman–Crippen MR) is 153 cm³/mol. The van der Waals surface area contributed by atoms with Crippen molar-refractivity contribution < 1.29 is 8.83 Å². The first kappa shape index (κ1) is 20.2. The largest absolute Gasteiger partial charge is 0.456 e. The molecule has 0 N–H and O–H groups in total. The molecular weight excluding hydrogens is 454 g/mol. The van der Waals surface area contributed by atoms with Crippen molar-refractivity contribution in [1.82, 2.24) is 0 Å². The Balaban J connectivity index is 1.36. The highest BCUT2D eigenvalue weighted by molar-refractivity contribution is 6.19. The van der Waals surface area contributed by atoms with Gasteiger partial charge in [0.25, 0.3) is 0 Å². The lowest BCUT2D eigenvalue weighted by molar-refractivity contribution is 0.668. The summed E-state index contributed by atoms with van der Waals surface area (Å²) in [5.74, 6) is 0. The minimum Gasteiger partial charge on any atom is -0.456 e. The molecule has 0 aliphatic rings. The fraction of sp³-hybridized carbons (Fsp3) is 0. The van der Waals surface area contributed by atoms with Gasteiger partial charge in [0.1, 0.15) is 22.3 Å². The number of hydrogen-bond donors (Lipinski definition) is 0. The first-order valence-corrected chi connectivity index (χ1v) is 12.4. The van der Waals surface area contributed by atoms with Crippen molar-refractivity contribution in [3.8, 4) is 0 Å². The molecule has 3 heteroatoms. The molecule has 3 nitrogen and oxygen atoms in total. The number of furan rings is 2. The van der Waals surface area contributed by atoms with Crippen molar-refractivity contribution in [2.45, 2.75) is 0 Å². The zero-order chi connectivity index (χ0) is 24.3. The zero-order valence-corrected chi connectivity index (χ0v) is 19.9. The van der Waals surface area contributed by atoms with Gasteiger partial charge in [-0.25, -0.2) is 0 Å². The normalized spacial score (nSPS) is 11.8. The molecule has 0 saturated carbocycles. The first-order valence-electron chi connectivity index (χ1n) is 12.4. The van der Waals surface area contributed by atoms with E-state index in [1.54, 1.807) is 0 Å². The molecule has 0 aliphatic heterocycles. The Morgan fingerprint density at radius 2 is 1.05 bits per heavy atom. The lowest BCUT2D eigenvalue weighted by atomic mass is 10.0. The van der Waals surface area contributed by atoms with Crippen LogP contribution in [-0.2, 0) is 0 Å². The molecule has 0 fully saturated rings. The van der Waals surface area contributed by atoms with Gasteiger partial charge in [-0.2, -0.15) is 0 Å². The number of hydrogen-bond acceptors (Lipinski definition) is 3. The molecule has 0 amide bonds. The number of para-hydroxylation sites is 2. The molecule has 0 unspecified atom stereocenters. The van der Waals surface area contributed by atoms with Crippen molar-refractivity contribution in [2.24, 2.45) is 0 Å². The smallest absolute Gasteiger partial charge is 0.137 e. The monoisotopic (exact) mass is 475 g/mol. The van der Waals surface area contributed by atoms with E-state index in [1.165, 1.54) is 10.8 Å². The van der Waals surface area contributed by atoms with Crippen LogP contribution in [0.2, 0.25) is 0 Å². The predicted octanol–water partition coefficient (Wildman–Crippen LogP) is 10.1. The molecule has 6 aromatic carbocycles. The van der Waals surface area contributed by atoms with Gasteiger partial charge in [-0.15, -0.1) is 0 Å². The Morgan fingerprint density at radius 3 is 1.97 bits per heavy atom. The Bertz CT molecular complexity index is 2100. The summed E-state index contributed by atoms with van der Waals surface area (Å²) in [4.78, 5) is 2.27. The molecule has 0 bridgehead atoms. The number of nitrogens with zero attached hydrogens (tertiary/aromatic N) is 1. The molecule has 0 aliphatic carbocycles. The molecule has 0 atom stereocenters. The van der Waals surface area contributed by atoms with Crippen LogP contribution in [0.15, 0.2) is 136 Å². The van der Waals surface area contributed by atoms with Crippen molar-refractivity contribution in [3.05, 3.63) is 127 Å². The second-order valence-corrected chi connectivity index (χ2v) is 9.39. The number of fused-ring (bicyclic) bond motifs is 8. The Hall–Kier alpha value is -5.02. The van der Waals surface area contributed by atoms with Gasteiger partial charge in [0.15, 0.2) is 0 Å². The van der Waals surface area contributed by atoms with E-state index in [1.807, 2.05) is 18.2 Å². The SMILES string of the molecule is c1ccc(N(c2ccc3c(c2)oc2ccc4ccccc4c23)c2ccc3oc4ccccc4c3c2)cc1. The standard InChI is InChI=1S/C34H21NO2/c1-2-9-23(10-3-1)35(24-16-19-31-29(20-24)27-12-6-7-13-30(27)36-31)25-15-17-28-33(21-25)37-32-18-14-22-8-4-5-11-26(22)34(28)32/h1-21H. The number of anilines is 3. The number of benzene rings is 6. The quantitative estimate of drug-likeness (QED) is 0.255. The molecule has 0 spiro atoms. The average Bonchev–Trinajstić information content (AvgIpc) is 3.52. The molecule has 2 aromatic heterocycles. The fourth-order valence-corrected chi connectivity index (χ4v) is 5.55. The number of rotatable bonds is 3. The highest BCUT2D eigenvalue weighted by Gasteiger charge is 2.18. The van der Waals surface area contributed by atoms with Gasteiger partial charge >= 0.3 is 0 Å². The Kier molecular flexibility index (Phi) is 4.23. The maximum atomic E-state index is 6.40. The van der Waals surface area contributed by atoms with Gasteiger partial charge < -0.3 is 13.7 Å². The van der Waals surface area contributed by atoms with Crippen LogP contribution in [0.5, 0.6) is 0 Å². The first-order chi connectivity index (χ1) is 18.3. The van der Waals surface area contributed by atoms with Gasteiger partial charge in [0.2, 0.25) is 0 Å². The van der Waals surface area contributed by atoms with E-state index in [9.17, 15) is 0 Å². The second-order valence-electron chi connectivity index (χ2n) is 9.39. The van der Waals surface area contributed by atoms with Crippen LogP contribution >= 0.6 is 0 Å². The highest BCUT2D eigenvalue weighted by atomic mass is 16.3. The van der Waals surface area contributed by atoms with E-state index in [0.29, 0.717) is 0 Å². The second kappa shape index (κ2) is 7.74. The third kappa shape index (κ3) is 3.08. The van der Waals surface area contributed by atoms with Crippen LogP contribution in [0.25, 0.3) is 54.6 Å². The maximum Gasteiger partial charge on any atom is 0.137 e. The minimum atomic E-state index is 0.875. The maximum absolute atomic E-state index is 6.40. The van der Waals surface area contributed by atoms with Crippen molar-refractivity contribution in [3.63, 3.8) is 0 Å². The van der Waals surface area contributed by atoms with Crippen LogP contribution in [0.3, 0.4) is 0 Å². The third-order valence-corrected chi connectivity index (χ3v) is 7.24. The summed E-state index contributed by atoms with van der Waals surface area (Å²) in [5, 5.41) is 6.94. The van der Waals surface area contributed by atoms with Crippen LogP contribution in [-0.4, -0.2) is 0 Å². The molecule has 2 heterocycles. The van der Waals surface area contributed by atoms with Gasteiger partial charge in [0.05, 0.1) is 0 Å². The Labute approximate surface area is 212 Å². The lowest BCUT2D eigenvalue weighted by Gasteiger charge is -2.25. The highest BCUT2D eigenvalue weighted by Crippen LogP contribution is 2.41. The summed E-state index contributed by atoms with van der Waals surface area (Å²) < 4.78 is 12.5. The van der Waals surface area contributed by atoms with Crippen molar-refractivity contribution >= 4 is 71.7 Å². The topological polar surface area (TPSA) is 29.5 Å². The molecule has 174 valence electrons. The fourth-order valence-electron chi connectivity index (χ4n) is 5.55. The summed E-state index contributed by atoms with van der Waals surface area (Å²) in [6.07, 6.45) is 0. The van der Waals surface area contributed by atoms with Crippen molar-refractivity contribution in [2.75, 3.05) is 4.90 Å². The summed E-state index contributed by atoms with van der Waals surface area (Å²) in [6, 6.07) is 44.2. The molecule has 0 saturated heterocycles. The Morgan fingerprint density at radius 1 is 0.378 bits per heavy atom. The molecule has 0 radical (unpaired) electrons. The van der Waals surface area contributed by atoms with Gasteiger partial charge in [-0.05, 0) is 65.4 Å². The van der Waals surface area contributed by atoms with Crippen molar-refractivity contribution in [1.29, 1.82) is 0 Å². The van der Waals surface area contributed by atoms with E-state index in [0.717, 1.165) is 60.9 Å². The summed E-state index contributed by atoms with van der Waals surface area (Å²) >= 11 is 0. The van der Waals surface area contributed by atoms with E-state index in [2.05, 4.69) is 114 Å². The van der Waals surface area contributed by atoms with Crippen LogP contribution in [0.1, 0.15) is 0 Å². The summed E-state index contributed by atoms with van der Waals surface area (Å²) in [6.45, 7) is 0. The minimum absolute atomic E-state index is 0.875. The van der Waals surface area contributed by atoms with E-state index in [-0.39, 0.29) is 0 Å². The van der Waals surface area contributed by atoms with E-state index < -0.39 is 0 Å². The van der Waals surface area contributed by atoms with E-state index in [4.69, 9.17) is 8.83 Å². The van der Waals surface area contributed by atoms with Crippen LogP contribution in [0.4, 0.5) is 17.1 Å². The van der Waals surface area contributed by atoms with Crippen LogP contribution in [0, 0.1) is 0 Å². The zero-order valence-electron chi connectivity index (χ0n) is 19.9. The van der Waals surface area contributed by atoms with E-state index >= 15 is 0 Å². The summed E-state index contributed by atoms with van der Waals surface area (Å²) in [5.41, 5.74) is 6.74. The summed E-state index contributed by atoms with van der Waals surface area (Å²) in [7, 11) is 0. The molecule has 8 aromatic rings. The molecule has 8 rings (SSSR count). The van der Waals surface area contributed by atoms with Crippen LogP contribution < -0.4 is 4.90 Å².